The number of hydrogen-bond acceptors (Lipinski definition) is 3. The van der Waals surface area contributed by atoms with E-state index in [2.05, 4.69) is 0 Å². The van der Waals surface area contributed by atoms with Crippen LogP contribution in [0.3, 0.4) is 0 Å². The van der Waals surface area contributed by atoms with Crippen LogP contribution in [0.5, 0.6) is 0 Å². The third-order valence-corrected chi connectivity index (χ3v) is 4.44. The molecule has 0 aromatic rings. The SMILES string of the molecule is O=CC1C2CCC(O2)C1C(=O)N1CCCCC1. The fraction of sp³-hybridized carbons (Fsp3) is 0.846. The first-order valence-electron chi connectivity index (χ1n) is 6.71. The molecule has 0 aromatic carbocycles. The van der Waals surface area contributed by atoms with Crippen LogP contribution in [-0.4, -0.2) is 42.4 Å². The van der Waals surface area contributed by atoms with Gasteiger partial charge in [0.15, 0.2) is 0 Å². The van der Waals surface area contributed by atoms with Crippen molar-refractivity contribution in [2.45, 2.75) is 44.3 Å². The van der Waals surface area contributed by atoms with Crippen LogP contribution < -0.4 is 0 Å². The smallest absolute Gasteiger partial charge is 0.229 e. The van der Waals surface area contributed by atoms with Crippen LogP contribution in [0, 0.1) is 11.8 Å². The second kappa shape index (κ2) is 4.41. The Morgan fingerprint density at radius 2 is 1.82 bits per heavy atom. The molecule has 4 atom stereocenters. The number of aldehydes is 1. The minimum absolute atomic E-state index is 0.00428. The van der Waals surface area contributed by atoms with Gasteiger partial charge in [-0.2, -0.15) is 0 Å². The lowest BCUT2D eigenvalue weighted by molar-refractivity contribution is -0.140. The fourth-order valence-electron chi connectivity index (χ4n) is 3.54. The van der Waals surface area contributed by atoms with Gasteiger partial charge >= 0.3 is 0 Å². The summed E-state index contributed by atoms with van der Waals surface area (Å²) in [4.78, 5) is 25.5. The van der Waals surface area contributed by atoms with E-state index in [-0.39, 0.29) is 30.0 Å². The first-order valence-corrected chi connectivity index (χ1v) is 6.71. The first kappa shape index (κ1) is 11.2. The quantitative estimate of drug-likeness (QED) is 0.673. The third-order valence-electron chi connectivity index (χ3n) is 4.44. The van der Waals surface area contributed by atoms with Crippen molar-refractivity contribution in [2.24, 2.45) is 11.8 Å². The lowest BCUT2D eigenvalue weighted by atomic mass is 9.79. The monoisotopic (exact) mass is 237 g/mol. The predicted octanol–water partition coefficient (Wildman–Crippen LogP) is 0.991. The van der Waals surface area contributed by atoms with Crippen molar-refractivity contribution in [1.82, 2.24) is 4.90 Å². The van der Waals surface area contributed by atoms with Gasteiger partial charge in [-0.1, -0.05) is 0 Å². The first-order chi connectivity index (χ1) is 8.31. The number of rotatable bonds is 2. The molecule has 0 aliphatic carbocycles. The molecule has 94 valence electrons. The summed E-state index contributed by atoms with van der Waals surface area (Å²) in [5.74, 6) is -0.221. The number of piperidine rings is 1. The van der Waals surface area contributed by atoms with Gasteiger partial charge in [0.2, 0.25) is 5.91 Å². The zero-order valence-corrected chi connectivity index (χ0v) is 10.0. The van der Waals surface area contributed by atoms with Crippen LogP contribution >= 0.6 is 0 Å². The van der Waals surface area contributed by atoms with E-state index >= 15 is 0 Å². The van der Waals surface area contributed by atoms with Crippen molar-refractivity contribution in [2.75, 3.05) is 13.1 Å². The number of hydrogen-bond donors (Lipinski definition) is 0. The van der Waals surface area contributed by atoms with Gasteiger partial charge in [0.05, 0.1) is 24.0 Å². The number of carbonyl (C=O) groups excluding carboxylic acids is 2. The molecule has 3 saturated heterocycles. The van der Waals surface area contributed by atoms with Crippen LogP contribution in [0.4, 0.5) is 0 Å². The second-order valence-corrected chi connectivity index (χ2v) is 5.42. The molecule has 4 heteroatoms. The average Bonchev–Trinajstić information content (AvgIpc) is 2.98. The van der Waals surface area contributed by atoms with Gasteiger partial charge in [-0.25, -0.2) is 0 Å². The Balaban J connectivity index is 1.74. The number of amides is 1. The highest BCUT2D eigenvalue weighted by Gasteiger charge is 2.53. The van der Waals surface area contributed by atoms with E-state index in [1.807, 2.05) is 4.90 Å². The second-order valence-electron chi connectivity index (χ2n) is 5.42. The predicted molar refractivity (Wildman–Crippen MR) is 61.4 cm³/mol. The Hall–Kier alpha value is -0.900. The normalized spacial score (nSPS) is 40.6. The summed E-state index contributed by atoms with van der Waals surface area (Å²) in [7, 11) is 0. The maximum Gasteiger partial charge on any atom is 0.229 e. The molecule has 2 bridgehead atoms. The van der Waals surface area contributed by atoms with Crippen LogP contribution in [-0.2, 0) is 14.3 Å². The molecule has 3 aliphatic heterocycles. The Kier molecular flexibility index (Phi) is 2.90. The van der Waals surface area contributed by atoms with Gasteiger partial charge in [-0.15, -0.1) is 0 Å². The van der Waals surface area contributed by atoms with Crippen molar-refractivity contribution < 1.29 is 14.3 Å². The van der Waals surface area contributed by atoms with Crippen LogP contribution in [0.2, 0.25) is 0 Å². The summed E-state index contributed by atoms with van der Waals surface area (Å²) in [6.45, 7) is 1.72. The van der Waals surface area contributed by atoms with E-state index in [1.165, 1.54) is 6.42 Å². The minimum atomic E-state index is -0.192. The molecule has 0 aromatic heterocycles. The summed E-state index contributed by atoms with van der Waals surface area (Å²) < 4.78 is 5.72. The molecule has 17 heavy (non-hydrogen) atoms. The molecule has 3 rings (SSSR count). The van der Waals surface area contributed by atoms with E-state index < -0.39 is 0 Å². The molecule has 0 radical (unpaired) electrons. The Bertz CT molecular complexity index is 325. The number of ether oxygens (including phenoxy) is 1. The molecule has 4 unspecified atom stereocenters. The zero-order valence-electron chi connectivity index (χ0n) is 10.0. The average molecular weight is 237 g/mol. The van der Waals surface area contributed by atoms with E-state index in [0.717, 1.165) is 45.1 Å². The molecule has 0 spiro atoms. The van der Waals surface area contributed by atoms with E-state index in [0.29, 0.717) is 0 Å². The maximum atomic E-state index is 12.4. The van der Waals surface area contributed by atoms with Crippen LogP contribution in [0.1, 0.15) is 32.1 Å². The van der Waals surface area contributed by atoms with E-state index in [9.17, 15) is 9.59 Å². The van der Waals surface area contributed by atoms with Crippen LogP contribution in [0.15, 0.2) is 0 Å². The van der Waals surface area contributed by atoms with Crippen molar-refractivity contribution in [3.63, 3.8) is 0 Å². The summed E-state index contributed by atoms with van der Waals surface area (Å²) in [5.41, 5.74) is 0. The largest absolute Gasteiger partial charge is 0.373 e. The molecular weight excluding hydrogens is 218 g/mol. The standard InChI is InChI=1S/C13H19NO3/c15-8-9-10-4-5-11(17-10)12(9)13(16)14-6-2-1-3-7-14/h8-12H,1-7H2. The van der Waals surface area contributed by atoms with Crippen molar-refractivity contribution >= 4 is 12.2 Å². The van der Waals surface area contributed by atoms with Crippen molar-refractivity contribution in [1.29, 1.82) is 0 Å². The molecule has 3 aliphatic rings. The highest BCUT2D eigenvalue weighted by Crippen LogP contribution is 2.43. The third kappa shape index (κ3) is 1.79. The Labute approximate surface area is 101 Å². The van der Waals surface area contributed by atoms with E-state index in [4.69, 9.17) is 4.74 Å². The van der Waals surface area contributed by atoms with Gasteiger partial charge in [0.1, 0.15) is 6.29 Å². The van der Waals surface area contributed by atoms with Gasteiger partial charge in [-0.3, -0.25) is 4.79 Å². The molecule has 0 N–H and O–H groups in total. The van der Waals surface area contributed by atoms with Gasteiger partial charge in [0, 0.05) is 13.1 Å². The number of carbonyl (C=O) groups is 2. The number of fused-ring (bicyclic) bond motifs is 2. The van der Waals surface area contributed by atoms with E-state index in [1.54, 1.807) is 0 Å². The summed E-state index contributed by atoms with van der Waals surface area (Å²) in [6.07, 6.45) is 6.25. The molecule has 1 amide bonds. The van der Waals surface area contributed by atoms with Gasteiger partial charge in [-0.05, 0) is 32.1 Å². The molecule has 3 heterocycles. The summed E-state index contributed by atoms with van der Waals surface area (Å²) in [6, 6.07) is 0. The highest BCUT2D eigenvalue weighted by atomic mass is 16.5. The number of likely N-dealkylation sites (tertiary alicyclic amines) is 1. The summed E-state index contributed by atoms with van der Waals surface area (Å²) in [5, 5.41) is 0. The maximum absolute atomic E-state index is 12.4. The highest BCUT2D eigenvalue weighted by molar-refractivity contribution is 5.83. The van der Waals surface area contributed by atoms with Crippen molar-refractivity contribution in [3.05, 3.63) is 0 Å². The molecule has 4 nitrogen and oxygen atoms in total. The van der Waals surface area contributed by atoms with Gasteiger partial charge in [0.25, 0.3) is 0 Å². The van der Waals surface area contributed by atoms with Crippen molar-refractivity contribution in [3.8, 4) is 0 Å². The molecule has 0 saturated carbocycles. The fourth-order valence-corrected chi connectivity index (χ4v) is 3.54. The van der Waals surface area contributed by atoms with Gasteiger partial charge < -0.3 is 14.4 Å². The Morgan fingerprint density at radius 1 is 1.12 bits per heavy atom. The topological polar surface area (TPSA) is 46.6 Å². The minimum Gasteiger partial charge on any atom is -0.373 e. The van der Waals surface area contributed by atoms with Crippen LogP contribution in [0.25, 0.3) is 0 Å². The molecule has 3 fully saturated rings. The lowest BCUT2D eigenvalue weighted by Crippen LogP contribution is -2.45. The molecular formula is C13H19NO3. The lowest BCUT2D eigenvalue weighted by Gasteiger charge is -2.32. The summed E-state index contributed by atoms with van der Waals surface area (Å²) >= 11 is 0. The zero-order chi connectivity index (χ0) is 11.8. The number of nitrogens with zero attached hydrogens (tertiary/aromatic N) is 1. The Morgan fingerprint density at radius 3 is 2.53 bits per heavy atom.